The molecule has 0 unspecified atom stereocenters. The number of carbonyl (C=O) groups excluding carboxylic acids is 3. The topological polar surface area (TPSA) is 78.5 Å². The van der Waals surface area contributed by atoms with Crippen LogP contribution < -0.4 is 15.5 Å². The molecule has 3 amide bonds. The lowest BCUT2D eigenvalue weighted by atomic mass is 10.1. The van der Waals surface area contributed by atoms with E-state index in [-0.39, 0.29) is 32.0 Å². The Bertz CT molecular complexity index is 1310. The van der Waals surface area contributed by atoms with Gasteiger partial charge in [0.15, 0.2) is 0 Å². The van der Waals surface area contributed by atoms with Crippen molar-refractivity contribution >= 4 is 69.6 Å². The van der Waals surface area contributed by atoms with Crippen LogP contribution in [0, 0.1) is 5.82 Å². The normalized spacial score (nSPS) is 13.5. The number of hydrogen-bond acceptors (Lipinski definition) is 4. The van der Waals surface area contributed by atoms with Crippen molar-refractivity contribution < 1.29 is 18.8 Å². The minimum absolute atomic E-state index is 0.158. The highest BCUT2D eigenvalue weighted by atomic mass is 35.5. The van der Waals surface area contributed by atoms with Crippen LogP contribution in [0.3, 0.4) is 0 Å². The average molecular weight is 505 g/mol. The second-order valence-electron chi connectivity index (χ2n) is 6.93. The predicted molar refractivity (Wildman–Crippen MR) is 126 cm³/mol. The third-order valence-electron chi connectivity index (χ3n) is 4.63. The van der Waals surface area contributed by atoms with Crippen LogP contribution in [0.25, 0.3) is 0 Å². The number of nitrogens with zero attached hydrogens (tertiary/aromatic N) is 1. The number of imide groups is 1. The number of halogens is 4. The molecule has 0 spiro atoms. The van der Waals surface area contributed by atoms with Gasteiger partial charge in [-0.2, -0.15) is 0 Å². The fourth-order valence-corrected chi connectivity index (χ4v) is 3.86. The van der Waals surface area contributed by atoms with Gasteiger partial charge in [0.2, 0.25) is 0 Å². The minimum atomic E-state index is -0.743. The maximum Gasteiger partial charge on any atom is 0.283 e. The first-order valence-electron chi connectivity index (χ1n) is 9.41. The number of anilines is 3. The molecule has 0 saturated carbocycles. The summed E-state index contributed by atoms with van der Waals surface area (Å²) >= 11 is 18.1. The molecule has 4 rings (SSSR count). The molecule has 1 aliphatic heterocycles. The van der Waals surface area contributed by atoms with Crippen LogP contribution in [-0.4, -0.2) is 17.7 Å². The molecule has 166 valence electrons. The lowest BCUT2D eigenvalue weighted by Crippen LogP contribution is -2.32. The van der Waals surface area contributed by atoms with Gasteiger partial charge in [-0.25, -0.2) is 9.29 Å². The molecule has 1 heterocycles. The van der Waals surface area contributed by atoms with E-state index in [9.17, 15) is 18.8 Å². The van der Waals surface area contributed by atoms with Gasteiger partial charge < -0.3 is 10.6 Å². The zero-order chi connectivity index (χ0) is 23.7. The molecular formula is C23H13Cl3FN3O3. The van der Waals surface area contributed by atoms with Gasteiger partial charge in [-0.05, 0) is 60.7 Å². The largest absolute Gasteiger partial charge is 0.350 e. The minimum Gasteiger partial charge on any atom is -0.350 e. The Morgan fingerprint density at radius 2 is 1.48 bits per heavy atom. The van der Waals surface area contributed by atoms with Gasteiger partial charge in [0.1, 0.15) is 16.5 Å². The zero-order valence-electron chi connectivity index (χ0n) is 16.5. The summed E-state index contributed by atoms with van der Waals surface area (Å²) in [4.78, 5) is 39.0. The van der Waals surface area contributed by atoms with Crippen LogP contribution in [-0.2, 0) is 9.59 Å². The van der Waals surface area contributed by atoms with Gasteiger partial charge in [0.25, 0.3) is 17.7 Å². The molecule has 0 aromatic heterocycles. The molecule has 0 fully saturated rings. The molecule has 0 aliphatic carbocycles. The Labute approximate surface area is 202 Å². The average Bonchev–Trinajstić information content (AvgIpc) is 2.98. The van der Waals surface area contributed by atoms with E-state index >= 15 is 0 Å². The van der Waals surface area contributed by atoms with Crippen molar-refractivity contribution in [2.75, 3.05) is 15.5 Å². The Morgan fingerprint density at radius 3 is 2.15 bits per heavy atom. The zero-order valence-corrected chi connectivity index (χ0v) is 18.8. The van der Waals surface area contributed by atoms with Crippen LogP contribution in [0.2, 0.25) is 10.0 Å². The van der Waals surface area contributed by atoms with E-state index in [0.717, 1.165) is 4.90 Å². The van der Waals surface area contributed by atoms with E-state index in [1.54, 1.807) is 18.2 Å². The maximum atomic E-state index is 13.1. The SMILES string of the molecule is O=C(Nc1ccc(F)cc1)c1cccc(NC2=C(Cl)C(=O)N(c3cc(Cl)cc(Cl)c3)C2=O)c1. The molecule has 0 bridgehead atoms. The van der Waals surface area contributed by atoms with E-state index in [4.69, 9.17) is 34.8 Å². The number of amides is 3. The summed E-state index contributed by atoms with van der Waals surface area (Å²) in [6, 6.07) is 15.8. The molecule has 10 heteroatoms. The van der Waals surface area contributed by atoms with Crippen molar-refractivity contribution in [3.05, 3.63) is 98.9 Å². The first kappa shape index (κ1) is 22.8. The summed E-state index contributed by atoms with van der Waals surface area (Å²) in [6.07, 6.45) is 0. The highest BCUT2D eigenvalue weighted by Crippen LogP contribution is 2.33. The first-order valence-corrected chi connectivity index (χ1v) is 10.5. The molecule has 2 N–H and O–H groups in total. The van der Waals surface area contributed by atoms with Crippen molar-refractivity contribution in [2.45, 2.75) is 0 Å². The number of benzene rings is 3. The summed E-state index contributed by atoms with van der Waals surface area (Å²) in [7, 11) is 0. The van der Waals surface area contributed by atoms with Crippen LogP contribution in [0.1, 0.15) is 10.4 Å². The molecule has 6 nitrogen and oxygen atoms in total. The Kier molecular flexibility index (Phi) is 6.37. The van der Waals surface area contributed by atoms with Crippen molar-refractivity contribution in [3.63, 3.8) is 0 Å². The highest BCUT2D eigenvalue weighted by Gasteiger charge is 2.39. The van der Waals surface area contributed by atoms with Crippen molar-refractivity contribution in [1.82, 2.24) is 0 Å². The summed E-state index contributed by atoms with van der Waals surface area (Å²) in [6.45, 7) is 0. The van der Waals surface area contributed by atoms with Crippen molar-refractivity contribution in [1.29, 1.82) is 0 Å². The van der Waals surface area contributed by atoms with Crippen LogP contribution in [0.4, 0.5) is 21.5 Å². The van der Waals surface area contributed by atoms with Gasteiger partial charge in [0.05, 0.1) is 5.69 Å². The monoisotopic (exact) mass is 503 g/mol. The standard InChI is InChI=1S/C23H13Cl3FN3O3/c24-13-9-14(25)11-18(10-13)30-22(32)19(26)20(23(30)33)28-17-3-1-2-12(8-17)21(31)29-16-6-4-15(27)5-7-16/h1-11,28H,(H,29,31). The summed E-state index contributed by atoms with van der Waals surface area (Å²) < 4.78 is 13.1. The lowest BCUT2D eigenvalue weighted by Gasteiger charge is -2.16. The third-order valence-corrected chi connectivity index (χ3v) is 5.42. The van der Waals surface area contributed by atoms with Crippen molar-refractivity contribution in [3.8, 4) is 0 Å². The number of rotatable bonds is 5. The second-order valence-corrected chi connectivity index (χ2v) is 8.18. The number of carbonyl (C=O) groups is 3. The fourth-order valence-electron chi connectivity index (χ4n) is 3.13. The van der Waals surface area contributed by atoms with E-state index in [0.29, 0.717) is 11.4 Å². The fraction of sp³-hybridized carbons (Fsp3) is 0. The molecule has 1 aliphatic rings. The van der Waals surface area contributed by atoms with Crippen LogP contribution in [0.15, 0.2) is 77.5 Å². The Morgan fingerprint density at radius 1 is 0.818 bits per heavy atom. The molecule has 3 aromatic rings. The highest BCUT2D eigenvalue weighted by molar-refractivity contribution is 6.53. The first-order chi connectivity index (χ1) is 15.7. The molecule has 3 aromatic carbocycles. The summed E-state index contributed by atoms with van der Waals surface area (Å²) in [5.41, 5.74) is 1.04. The quantitative estimate of drug-likeness (QED) is 0.429. The van der Waals surface area contributed by atoms with E-state index < -0.39 is 23.5 Å². The summed E-state index contributed by atoms with van der Waals surface area (Å²) in [5, 5.41) is 5.62. The lowest BCUT2D eigenvalue weighted by molar-refractivity contribution is -0.120. The van der Waals surface area contributed by atoms with Gasteiger partial charge in [-0.1, -0.05) is 40.9 Å². The molecule has 0 radical (unpaired) electrons. The second kappa shape index (κ2) is 9.23. The number of nitrogens with one attached hydrogen (secondary N) is 2. The molecule has 0 atom stereocenters. The van der Waals surface area contributed by atoms with Gasteiger partial charge in [-0.15, -0.1) is 0 Å². The van der Waals surface area contributed by atoms with Crippen LogP contribution >= 0.6 is 34.8 Å². The third kappa shape index (κ3) is 4.85. The van der Waals surface area contributed by atoms with Crippen LogP contribution in [0.5, 0.6) is 0 Å². The predicted octanol–water partition coefficient (Wildman–Crippen LogP) is 5.82. The smallest absolute Gasteiger partial charge is 0.283 e. The van der Waals surface area contributed by atoms with E-state index in [2.05, 4.69) is 10.6 Å². The van der Waals surface area contributed by atoms with E-state index in [1.165, 1.54) is 48.5 Å². The van der Waals surface area contributed by atoms with E-state index in [1.807, 2.05) is 0 Å². The molecular weight excluding hydrogens is 492 g/mol. The number of hydrogen-bond donors (Lipinski definition) is 2. The Hall–Kier alpha value is -3.39. The molecule has 33 heavy (non-hydrogen) atoms. The maximum absolute atomic E-state index is 13.1. The Balaban J connectivity index is 1.55. The van der Waals surface area contributed by atoms with Gasteiger partial charge in [-0.3, -0.25) is 14.4 Å². The summed E-state index contributed by atoms with van der Waals surface area (Å²) in [5.74, 6) is -2.32. The van der Waals surface area contributed by atoms with Gasteiger partial charge >= 0.3 is 0 Å². The van der Waals surface area contributed by atoms with Crippen molar-refractivity contribution in [2.24, 2.45) is 0 Å². The van der Waals surface area contributed by atoms with Gasteiger partial charge in [0, 0.05) is 27.0 Å². The molecule has 0 saturated heterocycles.